The lowest BCUT2D eigenvalue weighted by Crippen LogP contribution is -2.23. The van der Waals surface area contributed by atoms with Gasteiger partial charge in [0.25, 0.3) is 5.91 Å². The fourth-order valence-electron chi connectivity index (χ4n) is 4.11. The van der Waals surface area contributed by atoms with Crippen molar-refractivity contribution < 1.29 is 9.53 Å². The second kappa shape index (κ2) is 10.3. The fraction of sp³-hybridized carbons (Fsp3) is 0.179. The summed E-state index contributed by atoms with van der Waals surface area (Å²) in [4.78, 5) is 19.9. The van der Waals surface area contributed by atoms with Crippen LogP contribution in [0.1, 0.15) is 29.2 Å². The first-order valence-electron chi connectivity index (χ1n) is 11.5. The molecule has 36 heavy (non-hydrogen) atoms. The Balaban J connectivity index is 1.47. The average molecular weight is 562 g/mol. The van der Waals surface area contributed by atoms with Gasteiger partial charge in [-0.3, -0.25) is 4.79 Å². The highest BCUT2D eigenvalue weighted by molar-refractivity contribution is 9.10. The van der Waals surface area contributed by atoms with Gasteiger partial charge in [-0.05, 0) is 83.1 Å². The first kappa shape index (κ1) is 24.3. The Kier molecular flexibility index (Phi) is 6.98. The summed E-state index contributed by atoms with van der Waals surface area (Å²) in [6, 6.07) is 24.1. The third kappa shape index (κ3) is 5.10. The van der Waals surface area contributed by atoms with Crippen LogP contribution in [0.2, 0.25) is 0 Å². The predicted octanol–water partition coefficient (Wildman–Crippen LogP) is 6.35. The average Bonchev–Trinajstić information content (AvgIpc) is 3.49. The third-order valence-corrected chi connectivity index (χ3v) is 7.60. The molecule has 1 amide bonds. The summed E-state index contributed by atoms with van der Waals surface area (Å²) in [7, 11) is 5.70. The second-order valence-corrected chi connectivity index (χ2v) is 10.6. The van der Waals surface area contributed by atoms with E-state index in [4.69, 9.17) is 9.84 Å². The van der Waals surface area contributed by atoms with Crippen molar-refractivity contribution in [3.05, 3.63) is 98.9 Å². The Morgan fingerprint density at radius 1 is 1.03 bits per heavy atom. The van der Waals surface area contributed by atoms with Crippen molar-refractivity contribution in [2.75, 3.05) is 26.1 Å². The Hall–Kier alpha value is -3.36. The van der Waals surface area contributed by atoms with Crippen molar-refractivity contribution in [2.24, 2.45) is 10.1 Å². The number of methoxy groups -OCH3 is 1. The number of aliphatic imine (C=N–C) groups is 1. The molecular formula is C28H25BrN4O2S. The van der Waals surface area contributed by atoms with Gasteiger partial charge in [-0.15, -0.1) is 0 Å². The third-order valence-electron chi connectivity index (χ3n) is 6.10. The van der Waals surface area contributed by atoms with Gasteiger partial charge in [0, 0.05) is 30.7 Å². The number of amidine groups is 1. The maximum absolute atomic E-state index is 12.8. The fourth-order valence-corrected chi connectivity index (χ4v) is 5.28. The number of amides is 1. The molecule has 2 heterocycles. The number of hydrazone groups is 1. The van der Waals surface area contributed by atoms with Crippen LogP contribution >= 0.6 is 27.7 Å². The van der Waals surface area contributed by atoms with Gasteiger partial charge >= 0.3 is 0 Å². The van der Waals surface area contributed by atoms with Crippen molar-refractivity contribution >= 4 is 56.2 Å². The number of halogens is 1. The van der Waals surface area contributed by atoms with Crippen LogP contribution in [0.3, 0.4) is 0 Å². The summed E-state index contributed by atoms with van der Waals surface area (Å²) in [6.45, 7) is 0. The van der Waals surface area contributed by atoms with Crippen LogP contribution in [-0.2, 0) is 4.79 Å². The number of carbonyl (C=O) groups excluding carboxylic acids is 1. The van der Waals surface area contributed by atoms with Gasteiger partial charge in [0.2, 0.25) is 0 Å². The van der Waals surface area contributed by atoms with Gasteiger partial charge in [0.15, 0.2) is 5.17 Å². The molecule has 1 unspecified atom stereocenters. The Bertz CT molecular complexity index is 1360. The largest absolute Gasteiger partial charge is 0.497 e. The number of anilines is 1. The van der Waals surface area contributed by atoms with E-state index in [0.717, 1.165) is 38.3 Å². The molecule has 0 aromatic heterocycles. The molecule has 2 aliphatic heterocycles. The molecule has 0 spiro atoms. The van der Waals surface area contributed by atoms with E-state index in [-0.39, 0.29) is 11.9 Å². The molecule has 0 aliphatic carbocycles. The van der Waals surface area contributed by atoms with E-state index in [1.165, 1.54) is 11.8 Å². The van der Waals surface area contributed by atoms with E-state index in [1.807, 2.05) is 73.7 Å². The van der Waals surface area contributed by atoms with Crippen LogP contribution in [0, 0.1) is 0 Å². The standard InChI is InChI=1S/C28H25BrN4O2S/c1-32(2)22-12-6-20(7-13-22)25-17-24(19-8-14-23(35-3)15-9-19)31-33(25)28-30-27(34)26(36-28)16-18-4-10-21(29)11-5-18/h4-16,25H,17H2,1-3H3/b26-16-. The van der Waals surface area contributed by atoms with Crippen LogP contribution in [0.4, 0.5) is 5.69 Å². The summed E-state index contributed by atoms with van der Waals surface area (Å²) >= 11 is 4.82. The highest BCUT2D eigenvalue weighted by Crippen LogP contribution is 2.40. The zero-order valence-corrected chi connectivity index (χ0v) is 22.6. The SMILES string of the molecule is COc1ccc(C2=NN(C3=NC(=O)/C(=C/c4ccc(Br)cc4)S3)C(c3ccc(N(C)C)cc3)C2)cc1. The van der Waals surface area contributed by atoms with E-state index in [1.54, 1.807) is 7.11 Å². The highest BCUT2D eigenvalue weighted by atomic mass is 79.9. The summed E-state index contributed by atoms with van der Waals surface area (Å²) in [5.74, 6) is 0.557. The molecule has 182 valence electrons. The zero-order valence-electron chi connectivity index (χ0n) is 20.2. The van der Waals surface area contributed by atoms with Gasteiger partial charge in [-0.1, -0.05) is 40.2 Å². The van der Waals surface area contributed by atoms with E-state index in [2.05, 4.69) is 50.1 Å². The summed E-state index contributed by atoms with van der Waals surface area (Å²) in [6.07, 6.45) is 2.58. The molecule has 0 bridgehead atoms. The number of ether oxygens (including phenoxy) is 1. The molecule has 6 nitrogen and oxygen atoms in total. The molecule has 0 saturated heterocycles. The molecule has 2 aliphatic rings. The Labute approximate surface area is 223 Å². The van der Waals surface area contributed by atoms with E-state index in [9.17, 15) is 4.79 Å². The summed E-state index contributed by atoms with van der Waals surface area (Å²) in [5.41, 5.74) is 5.16. The molecule has 3 aromatic carbocycles. The van der Waals surface area contributed by atoms with Crippen LogP contribution in [0.15, 0.2) is 92.3 Å². The molecule has 3 aromatic rings. The van der Waals surface area contributed by atoms with Crippen molar-refractivity contribution in [2.45, 2.75) is 12.5 Å². The van der Waals surface area contributed by atoms with Crippen LogP contribution in [0.25, 0.3) is 6.08 Å². The maximum atomic E-state index is 12.8. The lowest BCUT2D eigenvalue weighted by molar-refractivity contribution is -0.113. The van der Waals surface area contributed by atoms with Gasteiger partial charge < -0.3 is 9.64 Å². The first-order chi connectivity index (χ1) is 17.4. The molecular weight excluding hydrogens is 536 g/mol. The van der Waals surface area contributed by atoms with Gasteiger partial charge in [0.05, 0.1) is 23.8 Å². The normalized spacial score (nSPS) is 18.4. The molecule has 0 radical (unpaired) electrons. The Morgan fingerprint density at radius 2 is 1.72 bits per heavy atom. The van der Waals surface area contributed by atoms with Crippen molar-refractivity contribution in [3.8, 4) is 5.75 Å². The molecule has 0 saturated carbocycles. The van der Waals surface area contributed by atoms with Gasteiger partial charge in [-0.25, -0.2) is 5.01 Å². The van der Waals surface area contributed by atoms with Crippen molar-refractivity contribution in [1.82, 2.24) is 5.01 Å². The number of hydrogen-bond donors (Lipinski definition) is 0. The minimum absolute atomic E-state index is 0.0654. The molecule has 0 N–H and O–H groups in total. The van der Waals surface area contributed by atoms with Crippen LogP contribution in [0.5, 0.6) is 5.75 Å². The summed E-state index contributed by atoms with van der Waals surface area (Å²) < 4.78 is 6.30. The Morgan fingerprint density at radius 3 is 2.36 bits per heavy atom. The van der Waals surface area contributed by atoms with E-state index in [0.29, 0.717) is 16.5 Å². The lowest BCUT2D eigenvalue weighted by atomic mass is 9.98. The first-order valence-corrected chi connectivity index (χ1v) is 13.1. The minimum Gasteiger partial charge on any atom is -0.497 e. The van der Waals surface area contributed by atoms with Gasteiger partial charge in [0.1, 0.15) is 5.75 Å². The molecule has 0 fully saturated rings. The van der Waals surface area contributed by atoms with E-state index < -0.39 is 0 Å². The predicted molar refractivity (Wildman–Crippen MR) is 152 cm³/mol. The van der Waals surface area contributed by atoms with E-state index >= 15 is 0 Å². The van der Waals surface area contributed by atoms with Crippen molar-refractivity contribution in [3.63, 3.8) is 0 Å². The number of carbonyl (C=O) groups is 1. The van der Waals surface area contributed by atoms with Gasteiger partial charge in [-0.2, -0.15) is 10.1 Å². The number of thioether (sulfide) groups is 1. The zero-order chi connectivity index (χ0) is 25.2. The number of hydrogen-bond acceptors (Lipinski definition) is 6. The number of nitrogens with zero attached hydrogens (tertiary/aromatic N) is 4. The van der Waals surface area contributed by atoms with Crippen LogP contribution < -0.4 is 9.64 Å². The number of rotatable bonds is 5. The van der Waals surface area contributed by atoms with Crippen molar-refractivity contribution in [1.29, 1.82) is 0 Å². The molecule has 1 atom stereocenters. The summed E-state index contributed by atoms with van der Waals surface area (Å²) in [5, 5.41) is 7.45. The topological polar surface area (TPSA) is 57.5 Å². The molecule has 5 rings (SSSR count). The monoisotopic (exact) mass is 560 g/mol. The molecule has 8 heteroatoms. The lowest BCUT2D eigenvalue weighted by Gasteiger charge is -2.23. The minimum atomic E-state index is -0.243. The second-order valence-electron chi connectivity index (χ2n) is 8.69. The smallest absolute Gasteiger partial charge is 0.286 e. The quantitative estimate of drug-likeness (QED) is 0.340. The number of benzene rings is 3. The van der Waals surface area contributed by atoms with Crippen LogP contribution in [-0.4, -0.2) is 43.0 Å². The highest BCUT2D eigenvalue weighted by Gasteiger charge is 2.36. The maximum Gasteiger partial charge on any atom is 0.286 e.